The van der Waals surface area contributed by atoms with Crippen LogP contribution in [0.4, 0.5) is 4.79 Å². The maximum absolute atomic E-state index is 12.1. The fourth-order valence-electron chi connectivity index (χ4n) is 2.69. The quantitative estimate of drug-likeness (QED) is 0.865. The number of hydrogen-bond donors (Lipinski definition) is 1. The zero-order chi connectivity index (χ0) is 17.7. The van der Waals surface area contributed by atoms with E-state index in [1.165, 1.54) is 11.3 Å². The van der Waals surface area contributed by atoms with Gasteiger partial charge in [-0.15, -0.1) is 11.3 Å². The minimum Gasteiger partial charge on any atom is -0.410 e. The van der Waals surface area contributed by atoms with Gasteiger partial charge in [-0.25, -0.2) is 17.9 Å². The summed E-state index contributed by atoms with van der Waals surface area (Å²) < 4.78 is 32.6. The highest BCUT2D eigenvalue weighted by Gasteiger charge is 2.25. The molecule has 1 aromatic carbocycles. The van der Waals surface area contributed by atoms with E-state index in [2.05, 4.69) is 4.72 Å². The molecule has 1 saturated heterocycles. The Labute approximate surface area is 151 Å². The third-order valence-corrected chi connectivity index (χ3v) is 6.96. The van der Waals surface area contributed by atoms with Crippen LogP contribution in [0.1, 0.15) is 12.8 Å². The minimum absolute atomic E-state index is 0.218. The second kappa shape index (κ2) is 7.99. The molecule has 1 N–H and O–H groups in total. The molecular weight excluding hydrogens is 360 g/mol. The van der Waals surface area contributed by atoms with Crippen LogP contribution in [0.25, 0.3) is 0 Å². The van der Waals surface area contributed by atoms with Crippen molar-refractivity contribution in [3.8, 4) is 5.75 Å². The van der Waals surface area contributed by atoms with E-state index < -0.39 is 10.0 Å². The van der Waals surface area contributed by atoms with Crippen molar-refractivity contribution >= 4 is 27.5 Å². The average Bonchev–Trinajstić information content (AvgIpc) is 3.17. The number of carbonyl (C=O) groups is 1. The second-order valence-corrected chi connectivity index (χ2v) is 8.84. The number of nitrogens with zero attached hydrogens (tertiary/aromatic N) is 1. The van der Waals surface area contributed by atoms with Gasteiger partial charge in [0.2, 0.25) is 10.0 Å². The Morgan fingerprint density at radius 3 is 2.52 bits per heavy atom. The molecule has 25 heavy (non-hydrogen) atoms. The van der Waals surface area contributed by atoms with Crippen molar-refractivity contribution in [3.63, 3.8) is 0 Å². The molecule has 8 heteroatoms. The first-order chi connectivity index (χ1) is 12.0. The van der Waals surface area contributed by atoms with Crippen LogP contribution in [0.2, 0.25) is 0 Å². The monoisotopic (exact) mass is 380 g/mol. The Kier molecular flexibility index (Phi) is 5.72. The van der Waals surface area contributed by atoms with Gasteiger partial charge in [-0.3, -0.25) is 0 Å². The normalized spacial score (nSPS) is 15.9. The number of ether oxygens (including phenoxy) is 1. The number of sulfonamides is 1. The Balaban J connectivity index is 1.45. The predicted molar refractivity (Wildman–Crippen MR) is 96.3 cm³/mol. The zero-order valence-electron chi connectivity index (χ0n) is 13.6. The molecule has 0 aliphatic carbocycles. The second-order valence-electron chi connectivity index (χ2n) is 5.90. The molecule has 1 aliphatic rings. The minimum atomic E-state index is -3.42. The van der Waals surface area contributed by atoms with Gasteiger partial charge in [0.05, 0.1) is 0 Å². The van der Waals surface area contributed by atoms with E-state index in [4.69, 9.17) is 4.74 Å². The first-order valence-electron chi connectivity index (χ1n) is 8.09. The number of amides is 1. The summed E-state index contributed by atoms with van der Waals surface area (Å²) in [4.78, 5) is 13.8. The largest absolute Gasteiger partial charge is 0.415 e. The topological polar surface area (TPSA) is 75.7 Å². The van der Waals surface area contributed by atoms with Crippen molar-refractivity contribution in [2.75, 3.05) is 19.6 Å². The SMILES string of the molecule is O=C(Oc1ccccc1)N1CCC(CNS(=O)(=O)c2cccs2)CC1. The molecule has 6 nitrogen and oxygen atoms in total. The van der Waals surface area contributed by atoms with Gasteiger partial charge in [-0.2, -0.15) is 0 Å². The predicted octanol–water partition coefficient (Wildman–Crippen LogP) is 2.94. The summed E-state index contributed by atoms with van der Waals surface area (Å²) in [5, 5.41) is 1.74. The molecule has 1 aromatic heterocycles. The number of thiophene rings is 1. The Hall–Kier alpha value is -1.90. The maximum Gasteiger partial charge on any atom is 0.415 e. The number of piperidine rings is 1. The summed E-state index contributed by atoms with van der Waals surface area (Å²) in [5.41, 5.74) is 0. The maximum atomic E-state index is 12.1. The number of benzene rings is 1. The van der Waals surface area contributed by atoms with Crippen molar-refractivity contribution in [2.24, 2.45) is 5.92 Å². The summed E-state index contributed by atoms with van der Waals surface area (Å²) in [6.45, 7) is 1.52. The highest BCUT2D eigenvalue weighted by molar-refractivity contribution is 7.91. The summed E-state index contributed by atoms with van der Waals surface area (Å²) in [5.74, 6) is 0.744. The lowest BCUT2D eigenvalue weighted by Gasteiger charge is -2.31. The number of rotatable bonds is 5. The summed E-state index contributed by atoms with van der Waals surface area (Å²) in [6, 6.07) is 12.3. The van der Waals surface area contributed by atoms with E-state index in [-0.39, 0.29) is 12.0 Å². The van der Waals surface area contributed by atoms with Crippen LogP contribution in [0.15, 0.2) is 52.1 Å². The molecule has 2 aromatic rings. The van der Waals surface area contributed by atoms with Crippen molar-refractivity contribution in [2.45, 2.75) is 17.1 Å². The lowest BCUT2D eigenvalue weighted by atomic mass is 9.97. The lowest BCUT2D eigenvalue weighted by molar-refractivity contribution is 0.131. The molecule has 0 bridgehead atoms. The van der Waals surface area contributed by atoms with Crippen LogP contribution >= 0.6 is 11.3 Å². The third kappa shape index (κ3) is 4.81. The van der Waals surface area contributed by atoms with Crippen LogP contribution in [0.3, 0.4) is 0 Å². The standard InChI is InChI=1S/C17H20N2O4S2/c20-17(23-15-5-2-1-3-6-15)19-10-8-14(9-11-19)13-18-25(21,22)16-7-4-12-24-16/h1-7,12,14,18H,8-11,13H2. The van der Waals surface area contributed by atoms with Gasteiger partial charge >= 0.3 is 6.09 Å². The Bertz CT molecular complexity index is 783. The van der Waals surface area contributed by atoms with Gasteiger partial charge in [0.15, 0.2) is 0 Å². The van der Waals surface area contributed by atoms with Crippen molar-refractivity contribution in [3.05, 3.63) is 47.8 Å². The van der Waals surface area contributed by atoms with Crippen LogP contribution < -0.4 is 9.46 Å². The van der Waals surface area contributed by atoms with Crippen LogP contribution in [0.5, 0.6) is 5.75 Å². The molecule has 0 atom stereocenters. The molecule has 0 saturated carbocycles. The number of para-hydroxylation sites is 1. The molecule has 1 fully saturated rings. The lowest BCUT2D eigenvalue weighted by Crippen LogP contribution is -2.42. The highest BCUT2D eigenvalue weighted by Crippen LogP contribution is 2.20. The van der Waals surface area contributed by atoms with Gasteiger partial charge in [-0.05, 0) is 42.3 Å². The molecule has 1 amide bonds. The molecule has 1 aliphatic heterocycles. The summed E-state index contributed by atoms with van der Waals surface area (Å²) in [7, 11) is -3.42. The fraction of sp³-hybridized carbons (Fsp3) is 0.353. The number of hydrogen-bond acceptors (Lipinski definition) is 5. The van der Waals surface area contributed by atoms with E-state index in [0.29, 0.717) is 29.6 Å². The van der Waals surface area contributed by atoms with Gasteiger partial charge in [0.25, 0.3) is 0 Å². The van der Waals surface area contributed by atoms with Gasteiger partial charge in [-0.1, -0.05) is 24.3 Å². The number of carbonyl (C=O) groups excluding carboxylic acids is 1. The third-order valence-electron chi connectivity index (χ3n) is 4.14. The molecule has 2 heterocycles. The summed E-state index contributed by atoms with van der Waals surface area (Å²) >= 11 is 1.20. The van der Waals surface area contributed by atoms with Crippen molar-refractivity contribution in [1.29, 1.82) is 0 Å². The molecular formula is C17H20N2O4S2. The van der Waals surface area contributed by atoms with Crippen LogP contribution in [0, 0.1) is 5.92 Å². The van der Waals surface area contributed by atoms with Crippen LogP contribution in [-0.4, -0.2) is 39.0 Å². The molecule has 0 unspecified atom stereocenters. The van der Waals surface area contributed by atoms with E-state index in [1.807, 2.05) is 18.2 Å². The Morgan fingerprint density at radius 1 is 1.16 bits per heavy atom. The molecule has 3 rings (SSSR count). The zero-order valence-corrected chi connectivity index (χ0v) is 15.3. The van der Waals surface area contributed by atoms with Gasteiger partial charge in [0.1, 0.15) is 9.96 Å². The summed E-state index contributed by atoms with van der Waals surface area (Å²) in [6.07, 6.45) is 1.14. The Morgan fingerprint density at radius 2 is 1.88 bits per heavy atom. The smallest absolute Gasteiger partial charge is 0.410 e. The van der Waals surface area contributed by atoms with E-state index >= 15 is 0 Å². The fourth-order valence-corrected chi connectivity index (χ4v) is 4.84. The van der Waals surface area contributed by atoms with E-state index in [0.717, 1.165) is 12.8 Å². The number of likely N-dealkylation sites (tertiary alicyclic amines) is 1. The highest BCUT2D eigenvalue weighted by atomic mass is 32.2. The molecule has 0 radical (unpaired) electrons. The van der Waals surface area contributed by atoms with E-state index in [1.54, 1.807) is 34.5 Å². The van der Waals surface area contributed by atoms with Gasteiger partial charge < -0.3 is 9.64 Å². The van der Waals surface area contributed by atoms with Crippen LogP contribution in [-0.2, 0) is 10.0 Å². The average molecular weight is 380 g/mol. The van der Waals surface area contributed by atoms with E-state index in [9.17, 15) is 13.2 Å². The molecule has 134 valence electrons. The van der Waals surface area contributed by atoms with Gasteiger partial charge in [0, 0.05) is 19.6 Å². The first-order valence-corrected chi connectivity index (χ1v) is 10.5. The number of nitrogens with one attached hydrogen (secondary N) is 1. The van der Waals surface area contributed by atoms with Crippen molar-refractivity contribution in [1.82, 2.24) is 9.62 Å². The van der Waals surface area contributed by atoms with Crippen molar-refractivity contribution < 1.29 is 17.9 Å². The molecule has 0 spiro atoms. The first kappa shape index (κ1) is 17.9.